The molecule has 2 aliphatic carbocycles. The Labute approximate surface area is 214 Å². The van der Waals surface area contributed by atoms with Crippen molar-refractivity contribution in [3.8, 4) is 16.9 Å². The molecule has 2 fully saturated rings. The number of benzene rings is 3. The Balaban J connectivity index is 1.35. The average Bonchev–Trinajstić information content (AvgIpc) is 3.39. The molecule has 2 unspecified atom stereocenters. The second kappa shape index (κ2) is 9.98. The van der Waals surface area contributed by atoms with Gasteiger partial charge in [0.2, 0.25) is 0 Å². The van der Waals surface area contributed by atoms with E-state index in [0.29, 0.717) is 12.5 Å². The Hall–Kier alpha value is -3.31. The molecule has 5 heteroatoms. The van der Waals surface area contributed by atoms with Crippen LogP contribution in [0.1, 0.15) is 39.5 Å². The third kappa shape index (κ3) is 4.98. The maximum atomic E-state index is 13.3. The zero-order valence-corrected chi connectivity index (χ0v) is 21.2. The minimum Gasteiger partial charge on any atom is -0.493 e. The predicted molar refractivity (Wildman–Crippen MR) is 144 cm³/mol. The van der Waals surface area contributed by atoms with Gasteiger partial charge in [-0.1, -0.05) is 66.7 Å². The van der Waals surface area contributed by atoms with Crippen molar-refractivity contribution in [2.24, 2.45) is 23.5 Å². The van der Waals surface area contributed by atoms with E-state index in [0.717, 1.165) is 48.2 Å². The lowest BCUT2D eigenvalue weighted by atomic mass is 9.72. The maximum absolute atomic E-state index is 13.3. The van der Waals surface area contributed by atoms with Crippen LogP contribution in [0.15, 0.2) is 84.9 Å². The monoisotopic (exact) mass is 484 g/mol. The number of anilines is 1. The highest BCUT2D eigenvalue weighted by Crippen LogP contribution is 2.58. The molecule has 188 valence electrons. The molecule has 0 aromatic heterocycles. The van der Waals surface area contributed by atoms with Crippen LogP contribution in [0.2, 0.25) is 0 Å². The molecule has 1 amide bonds. The molecule has 3 aromatic carbocycles. The minimum absolute atomic E-state index is 0.0529. The van der Waals surface area contributed by atoms with E-state index in [4.69, 9.17) is 15.2 Å². The number of ether oxygens (including phenoxy) is 2. The molecule has 0 saturated heterocycles. The van der Waals surface area contributed by atoms with Crippen molar-refractivity contribution in [2.75, 3.05) is 11.9 Å². The fourth-order valence-corrected chi connectivity index (χ4v) is 6.38. The standard InChI is InChI=1S/C31H36N2O3/c1-30(2,32)26(21-35-24-13-7-4-8-14-24)28-23-17-19-31(28,20-18-23)36-29(34)33-27-16-10-9-15-25(27)22-11-5-3-6-12-22/h3-16,23,26,28H,17-21,32H2,1-2H3,(H,33,34). The molecule has 2 saturated carbocycles. The van der Waals surface area contributed by atoms with Crippen LogP contribution in [0, 0.1) is 17.8 Å². The van der Waals surface area contributed by atoms with Gasteiger partial charge in [0.25, 0.3) is 0 Å². The largest absolute Gasteiger partial charge is 0.493 e. The summed E-state index contributed by atoms with van der Waals surface area (Å²) in [5.41, 5.74) is 8.51. The quantitative estimate of drug-likeness (QED) is 0.365. The van der Waals surface area contributed by atoms with Crippen LogP contribution in [0.5, 0.6) is 5.75 Å². The van der Waals surface area contributed by atoms with Crippen LogP contribution in [0.3, 0.4) is 0 Å². The molecule has 0 radical (unpaired) electrons. The summed E-state index contributed by atoms with van der Waals surface area (Å²) < 4.78 is 12.6. The SMILES string of the molecule is CC(C)(N)C(COc1ccccc1)C1C2CCC1(OC(=O)Nc1ccccc1-c1ccccc1)CC2. The topological polar surface area (TPSA) is 73.6 Å². The van der Waals surface area contributed by atoms with E-state index in [9.17, 15) is 4.79 Å². The number of hydrogen-bond donors (Lipinski definition) is 2. The molecule has 0 aliphatic heterocycles. The Morgan fingerprint density at radius 3 is 2.25 bits per heavy atom. The average molecular weight is 485 g/mol. The van der Waals surface area contributed by atoms with Gasteiger partial charge in [0.15, 0.2) is 0 Å². The van der Waals surface area contributed by atoms with Gasteiger partial charge in [-0.05, 0) is 69.2 Å². The highest BCUT2D eigenvalue weighted by atomic mass is 16.6. The van der Waals surface area contributed by atoms with Gasteiger partial charge in [0.1, 0.15) is 11.4 Å². The van der Waals surface area contributed by atoms with Crippen LogP contribution in [-0.2, 0) is 4.74 Å². The number of amides is 1. The lowest BCUT2D eigenvalue weighted by molar-refractivity contribution is -0.0396. The molecule has 0 spiro atoms. The van der Waals surface area contributed by atoms with E-state index in [1.54, 1.807) is 0 Å². The molecule has 3 N–H and O–H groups in total. The summed E-state index contributed by atoms with van der Waals surface area (Å²) >= 11 is 0. The molecule has 5 nitrogen and oxygen atoms in total. The second-order valence-electron chi connectivity index (χ2n) is 10.9. The Morgan fingerprint density at radius 1 is 0.972 bits per heavy atom. The zero-order valence-electron chi connectivity index (χ0n) is 21.2. The normalized spacial score (nSPS) is 23.8. The number of carbonyl (C=O) groups is 1. The van der Waals surface area contributed by atoms with Gasteiger partial charge in [0.05, 0.1) is 12.3 Å². The van der Waals surface area contributed by atoms with Gasteiger partial charge in [-0.15, -0.1) is 0 Å². The van der Waals surface area contributed by atoms with Crippen LogP contribution >= 0.6 is 0 Å². The van der Waals surface area contributed by atoms with Gasteiger partial charge in [-0.25, -0.2) is 4.79 Å². The first kappa shape index (κ1) is 24.4. The van der Waals surface area contributed by atoms with Gasteiger partial charge < -0.3 is 15.2 Å². The summed E-state index contributed by atoms with van der Waals surface area (Å²) in [5, 5.41) is 3.05. The van der Waals surface area contributed by atoms with Crippen molar-refractivity contribution in [1.29, 1.82) is 0 Å². The molecule has 5 rings (SSSR count). The first-order valence-electron chi connectivity index (χ1n) is 13.0. The number of fused-ring (bicyclic) bond motifs is 2. The van der Waals surface area contributed by atoms with Gasteiger partial charge in [-0.2, -0.15) is 0 Å². The maximum Gasteiger partial charge on any atom is 0.412 e. The first-order valence-corrected chi connectivity index (χ1v) is 13.0. The smallest absolute Gasteiger partial charge is 0.412 e. The highest BCUT2D eigenvalue weighted by Gasteiger charge is 2.60. The summed E-state index contributed by atoms with van der Waals surface area (Å²) in [6.45, 7) is 4.62. The number of hydrogen-bond acceptors (Lipinski definition) is 4. The first-order chi connectivity index (χ1) is 17.4. The van der Waals surface area contributed by atoms with Gasteiger partial charge in [0, 0.05) is 22.9 Å². The van der Waals surface area contributed by atoms with Crippen molar-refractivity contribution in [3.05, 3.63) is 84.9 Å². The van der Waals surface area contributed by atoms with E-state index in [-0.39, 0.29) is 11.8 Å². The van der Waals surface area contributed by atoms with Crippen LogP contribution < -0.4 is 15.8 Å². The molecule has 2 aliphatic rings. The van der Waals surface area contributed by atoms with E-state index in [1.807, 2.05) is 84.9 Å². The second-order valence-corrected chi connectivity index (χ2v) is 10.9. The number of nitrogens with one attached hydrogen (secondary N) is 1. The van der Waals surface area contributed by atoms with Crippen molar-refractivity contribution in [2.45, 2.75) is 50.7 Å². The third-order valence-electron chi connectivity index (χ3n) is 8.10. The van der Waals surface area contributed by atoms with Crippen LogP contribution in [-0.4, -0.2) is 23.8 Å². The van der Waals surface area contributed by atoms with E-state index < -0.39 is 17.2 Å². The third-order valence-corrected chi connectivity index (χ3v) is 8.10. The van der Waals surface area contributed by atoms with Crippen LogP contribution in [0.4, 0.5) is 10.5 Å². The predicted octanol–water partition coefficient (Wildman–Crippen LogP) is 6.89. The Kier molecular flexibility index (Phi) is 6.76. The number of rotatable bonds is 8. The number of nitrogens with two attached hydrogens (primary N) is 1. The Bertz CT molecular complexity index is 1170. The molecular weight excluding hydrogens is 448 g/mol. The van der Waals surface area contributed by atoms with E-state index >= 15 is 0 Å². The fraction of sp³-hybridized carbons (Fsp3) is 0.387. The van der Waals surface area contributed by atoms with Crippen LogP contribution in [0.25, 0.3) is 11.1 Å². The van der Waals surface area contributed by atoms with Crippen molar-refractivity contribution in [3.63, 3.8) is 0 Å². The van der Waals surface area contributed by atoms with Gasteiger partial charge >= 0.3 is 6.09 Å². The Morgan fingerprint density at radius 2 is 1.58 bits per heavy atom. The summed E-state index contributed by atoms with van der Waals surface area (Å²) in [5.74, 6) is 1.54. The number of para-hydroxylation sites is 2. The summed E-state index contributed by atoms with van der Waals surface area (Å²) in [6.07, 6.45) is 3.44. The molecule has 2 bridgehead atoms. The van der Waals surface area contributed by atoms with E-state index in [2.05, 4.69) is 19.2 Å². The van der Waals surface area contributed by atoms with Crippen molar-refractivity contribution >= 4 is 11.8 Å². The van der Waals surface area contributed by atoms with Gasteiger partial charge in [-0.3, -0.25) is 5.32 Å². The number of carbonyl (C=O) groups excluding carboxylic acids is 1. The lowest BCUT2D eigenvalue weighted by Crippen LogP contribution is -2.53. The molecule has 3 aromatic rings. The summed E-state index contributed by atoms with van der Waals surface area (Å²) in [7, 11) is 0. The highest BCUT2D eigenvalue weighted by molar-refractivity contribution is 5.91. The lowest BCUT2D eigenvalue weighted by Gasteiger charge is -2.42. The minimum atomic E-state index is -0.516. The molecule has 36 heavy (non-hydrogen) atoms. The van der Waals surface area contributed by atoms with Crippen molar-refractivity contribution in [1.82, 2.24) is 0 Å². The fourth-order valence-electron chi connectivity index (χ4n) is 6.38. The zero-order chi connectivity index (χ0) is 25.2. The van der Waals surface area contributed by atoms with E-state index in [1.165, 1.54) is 0 Å². The summed E-state index contributed by atoms with van der Waals surface area (Å²) in [6, 6.07) is 27.8. The molecule has 0 heterocycles. The molecular formula is C31H36N2O3. The van der Waals surface area contributed by atoms with Crippen molar-refractivity contribution < 1.29 is 14.3 Å². The molecule has 2 atom stereocenters. The summed E-state index contributed by atoms with van der Waals surface area (Å²) in [4.78, 5) is 13.3.